The first-order valence-corrected chi connectivity index (χ1v) is 9.00. The third-order valence-corrected chi connectivity index (χ3v) is 4.99. The molecule has 1 fully saturated rings. The molecule has 0 spiro atoms. The molecule has 0 unspecified atom stereocenters. The van der Waals surface area contributed by atoms with Crippen LogP contribution >= 0.6 is 0 Å². The third-order valence-electron chi connectivity index (χ3n) is 4.99. The van der Waals surface area contributed by atoms with Crippen molar-refractivity contribution in [1.29, 1.82) is 0 Å². The first-order chi connectivity index (χ1) is 12.5. The predicted molar refractivity (Wildman–Crippen MR) is 96.6 cm³/mol. The molecule has 1 atom stereocenters. The summed E-state index contributed by atoms with van der Waals surface area (Å²) in [5.41, 5.74) is 4.74. The van der Waals surface area contributed by atoms with Crippen LogP contribution in [0.3, 0.4) is 0 Å². The first-order valence-electron chi connectivity index (χ1n) is 9.00. The lowest BCUT2D eigenvalue weighted by atomic mass is 10.1. The molecule has 0 radical (unpaired) electrons. The minimum Gasteiger partial charge on any atom is -0.359 e. The van der Waals surface area contributed by atoms with Crippen LogP contribution in [0.5, 0.6) is 0 Å². The van der Waals surface area contributed by atoms with Crippen molar-refractivity contribution in [2.24, 2.45) is 0 Å². The summed E-state index contributed by atoms with van der Waals surface area (Å²) in [5, 5.41) is 8.59. The van der Waals surface area contributed by atoms with Crippen LogP contribution in [0.2, 0.25) is 0 Å². The molecular weight excluding hydrogens is 331 g/mol. The normalized spacial score (nSPS) is 17.9. The molecule has 0 saturated carbocycles. The summed E-state index contributed by atoms with van der Waals surface area (Å²) in [6.07, 6.45) is 2.12. The van der Waals surface area contributed by atoms with Crippen molar-refractivity contribution in [3.8, 4) is 5.69 Å². The van der Waals surface area contributed by atoms with Gasteiger partial charge in [-0.1, -0.05) is 5.16 Å². The molecule has 5 nitrogen and oxygen atoms in total. The molecule has 2 aromatic heterocycles. The number of benzene rings is 1. The largest absolute Gasteiger partial charge is 0.359 e. The van der Waals surface area contributed by atoms with Crippen molar-refractivity contribution >= 4 is 0 Å². The molecule has 3 heterocycles. The predicted octanol–water partition coefficient (Wildman–Crippen LogP) is 4.26. The van der Waals surface area contributed by atoms with E-state index in [1.807, 2.05) is 43.7 Å². The molecule has 136 valence electrons. The fraction of sp³-hybridized carbons (Fsp3) is 0.400. The number of aromatic nitrogens is 3. The molecule has 1 saturated heterocycles. The SMILES string of the molecule is Cc1cc([C@H]2CCCN2Cc2cc(F)ccc2-n2nc(C)cc2C)on1. The Morgan fingerprint density at radius 3 is 2.69 bits per heavy atom. The van der Waals surface area contributed by atoms with Crippen LogP contribution in [0.4, 0.5) is 4.39 Å². The summed E-state index contributed by atoms with van der Waals surface area (Å²) in [6, 6.07) is 9.14. The molecule has 1 aromatic carbocycles. The summed E-state index contributed by atoms with van der Waals surface area (Å²) in [4.78, 5) is 2.34. The van der Waals surface area contributed by atoms with E-state index in [0.29, 0.717) is 6.54 Å². The zero-order valence-electron chi connectivity index (χ0n) is 15.4. The maximum atomic E-state index is 14.0. The topological polar surface area (TPSA) is 47.1 Å². The van der Waals surface area contributed by atoms with Crippen LogP contribution in [0.15, 0.2) is 34.9 Å². The van der Waals surface area contributed by atoms with E-state index in [-0.39, 0.29) is 11.9 Å². The number of aryl methyl sites for hydroxylation is 3. The number of likely N-dealkylation sites (tertiary alicyclic amines) is 1. The van der Waals surface area contributed by atoms with Gasteiger partial charge in [-0.2, -0.15) is 5.10 Å². The van der Waals surface area contributed by atoms with Crippen LogP contribution in [0.25, 0.3) is 5.69 Å². The number of hydrogen-bond acceptors (Lipinski definition) is 4. The van der Waals surface area contributed by atoms with Gasteiger partial charge in [-0.3, -0.25) is 4.90 Å². The number of rotatable bonds is 4. The highest BCUT2D eigenvalue weighted by atomic mass is 19.1. The van der Waals surface area contributed by atoms with E-state index in [9.17, 15) is 4.39 Å². The van der Waals surface area contributed by atoms with E-state index in [1.54, 1.807) is 6.07 Å². The van der Waals surface area contributed by atoms with E-state index in [4.69, 9.17) is 4.52 Å². The van der Waals surface area contributed by atoms with E-state index in [1.165, 1.54) is 6.07 Å². The highest BCUT2D eigenvalue weighted by Gasteiger charge is 2.30. The minimum atomic E-state index is -0.225. The number of hydrogen-bond donors (Lipinski definition) is 0. The van der Waals surface area contributed by atoms with Crippen molar-refractivity contribution in [1.82, 2.24) is 19.8 Å². The Hall–Kier alpha value is -2.47. The van der Waals surface area contributed by atoms with Crippen LogP contribution in [-0.4, -0.2) is 26.4 Å². The molecule has 0 amide bonds. The maximum Gasteiger partial charge on any atom is 0.154 e. The Bertz CT molecular complexity index is 930. The van der Waals surface area contributed by atoms with Gasteiger partial charge >= 0.3 is 0 Å². The van der Waals surface area contributed by atoms with Crippen molar-refractivity contribution in [2.75, 3.05) is 6.54 Å². The lowest BCUT2D eigenvalue weighted by Crippen LogP contribution is -2.23. The molecule has 1 aliphatic rings. The summed E-state index contributed by atoms with van der Waals surface area (Å²) < 4.78 is 21.4. The molecule has 26 heavy (non-hydrogen) atoms. The monoisotopic (exact) mass is 354 g/mol. The molecule has 6 heteroatoms. The highest BCUT2D eigenvalue weighted by Crippen LogP contribution is 2.34. The van der Waals surface area contributed by atoms with Crippen LogP contribution in [-0.2, 0) is 6.54 Å². The number of halogens is 1. The Morgan fingerprint density at radius 1 is 1.15 bits per heavy atom. The lowest BCUT2D eigenvalue weighted by molar-refractivity contribution is 0.206. The quantitative estimate of drug-likeness (QED) is 0.702. The average Bonchev–Trinajstić information content (AvgIpc) is 3.28. The van der Waals surface area contributed by atoms with Crippen LogP contribution in [0, 0.1) is 26.6 Å². The molecule has 4 rings (SSSR count). The van der Waals surface area contributed by atoms with Gasteiger partial charge in [0.1, 0.15) is 5.82 Å². The van der Waals surface area contributed by atoms with Gasteiger partial charge in [0.05, 0.1) is 23.1 Å². The highest BCUT2D eigenvalue weighted by molar-refractivity contribution is 5.42. The van der Waals surface area contributed by atoms with Crippen LogP contribution in [0.1, 0.15) is 47.3 Å². The second kappa shape index (κ2) is 6.68. The van der Waals surface area contributed by atoms with E-state index >= 15 is 0 Å². The Kier molecular flexibility index (Phi) is 4.36. The van der Waals surface area contributed by atoms with Gasteiger partial charge in [0.15, 0.2) is 5.76 Å². The summed E-state index contributed by atoms with van der Waals surface area (Å²) in [7, 11) is 0. The van der Waals surface area contributed by atoms with Crippen molar-refractivity contribution < 1.29 is 8.91 Å². The fourth-order valence-electron chi connectivity index (χ4n) is 3.86. The summed E-state index contributed by atoms with van der Waals surface area (Å²) in [5.74, 6) is 0.667. The van der Waals surface area contributed by atoms with Gasteiger partial charge in [0.2, 0.25) is 0 Å². The van der Waals surface area contributed by atoms with Gasteiger partial charge < -0.3 is 4.52 Å². The van der Waals surface area contributed by atoms with Crippen molar-refractivity contribution in [3.05, 3.63) is 64.6 Å². The van der Waals surface area contributed by atoms with Crippen molar-refractivity contribution in [3.63, 3.8) is 0 Å². The van der Waals surface area contributed by atoms with E-state index in [2.05, 4.69) is 15.2 Å². The summed E-state index contributed by atoms with van der Waals surface area (Å²) >= 11 is 0. The van der Waals surface area contributed by atoms with Crippen LogP contribution < -0.4 is 0 Å². The van der Waals surface area contributed by atoms with Gasteiger partial charge in [-0.05, 0) is 70.0 Å². The van der Waals surface area contributed by atoms with E-state index in [0.717, 1.165) is 53.5 Å². The minimum absolute atomic E-state index is 0.188. The van der Waals surface area contributed by atoms with Gasteiger partial charge in [-0.25, -0.2) is 9.07 Å². The Morgan fingerprint density at radius 2 is 2.00 bits per heavy atom. The molecule has 0 bridgehead atoms. The smallest absolute Gasteiger partial charge is 0.154 e. The van der Waals surface area contributed by atoms with Crippen molar-refractivity contribution in [2.45, 2.75) is 46.2 Å². The third kappa shape index (κ3) is 3.17. The number of nitrogens with zero attached hydrogens (tertiary/aromatic N) is 4. The fourth-order valence-corrected chi connectivity index (χ4v) is 3.86. The molecule has 3 aromatic rings. The Balaban J connectivity index is 1.67. The zero-order chi connectivity index (χ0) is 18.3. The second-order valence-electron chi connectivity index (χ2n) is 7.11. The zero-order valence-corrected chi connectivity index (χ0v) is 15.4. The lowest BCUT2D eigenvalue weighted by Gasteiger charge is -2.24. The van der Waals surface area contributed by atoms with Gasteiger partial charge in [-0.15, -0.1) is 0 Å². The average molecular weight is 354 g/mol. The Labute approximate surface area is 152 Å². The van der Waals surface area contributed by atoms with Gasteiger partial charge in [0.25, 0.3) is 0 Å². The van der Waals surface area contributed by atoms with Gasteiger partial charge in [0, 0.05) is 18.3 Å². The maximum absolute atomic E-state index is 14.0. The molecular formula is C20H23FN4O. The first kappa shape index (κ1) is 17.0. The molecule has 1 aliphatic heterocycles. The standard InChI is InChI=1S/C20H23FN4O/c1-13-9-15(3)25(22-13)18-7-6-17(21)11-16(18)12-24-8-4-5-19(24)20-10-14(2)23-26-20/h6-7,9-11,19H,4-5,8,12H2,1-3H3/t19-/m1/s1. The summed E-state index contributed by atoms with van der Waals surface area (Å²) in [6.45, 7) is 7.52. The second-order valence-corrected chi connectivity index (χ2v) is 7.11. The van der Waals surface area contributed by atoms with E-state index < -0.39 is 0 Å². The molecule has 0 N–H and O–H groups in total. The molecule has 0 aliphatic carbocycles.